The Kier molecular flexibility index (Phi) is 4.57. The summed E-state index contributed by atoms with van der Waals surface area (Å²) in [5.41, 5.74) is 0.113. The van der Waals surface area contributed by atoms with Crippen molar-refractivity contribution in [2.45, 2.75) is 26.0 Å². The summed E-state index contributed by atoms with van der Waals surface area (Å²) in [7, 11) is 1.40. The minimum atomic E-state index is -0.630. The third-order valence-electron chi connectivity index (χ3n) is 2.51. The molecule has 0 saturated heterocycles. The van der Waals surface area contributed by atoms with E-state index in [2.05, 4.69) is 5.32 Å². The minimum absolute atomic E-state index is 0.113. The second kappa shape index (κ2) is 5.72. The number of methoxy groups -OCH3 is 1. The molecule has 0 heterocycles. The second-order valence-corrected chi connectivity index (χ2v) is 3.77. The molecule has 2 atom stereocenters. The van der Waals surface area contributed by atoms with Crippen molar-refractivity contribution in [3.63, 3.8) is 0 Å². The standard InChI is InChI=1S/C12H15F2NO2/c1-7(15-12(16)8(2)17-3)10-6-9(13)4-5-11(10)14/h4-8H,1-3H3,(H,15,16). The van der Waals surface area contributed by atoms with Gasteiger partial charge >= 0.3 is 0 Å². The van der Waals surface area contributed by atoms with Crippen LogP contribution in [-0.2, 0) is 9.53 Å². The average molecular weight is 243 g/mol. The van der Waals surface area contributed by atoms with Crippen LogP contribution < -0.4 is 5.32 Å². The molecule has 1 rings (SSSR count). The summed E-state index contributed by atoms with van der Waals surface area (Å²) >= 11 is 0. The van der Waals surface area contributed by atoms with Gasteiger partial charge in [0.15, 0.2) is 0 Å². The Morgan fingerprint density at radius 3 is 2.59 bits per heavy atom. The molecular weight excluding hydrogens is 228 g/mol. The molecule has 1 amide bonds. The van der Waals surface area contributed by atoms with Crippen LogP contribution in [0.25, 0.3) is 0 Å². The van der Waals surface area contributed by atoms with Crippen molar-refractivity contribution < 1.29 is 18.3 Å². The molecule has 0 aliphatic rings. The number of rotatable bonds is 4. The summed E-state index contributed by atoms with van der Waals surface area (Å²) in [5.74, 6) is -1.46. The van der Waals surface area contributed by atoms with E-state index in [0.717, 1.165) is 18.2 Å². The van der Waals surface area contributed by atoms with Gasteiger partial charge in [-0.25, -0.2) is 8.78 Å². The molecular formula is C12H15F2NO2. The maximum atomic E-state index is 13.4. The van der Waals surface area contributed by atoms with E-state index in [1.54, 1.807) is 13.8 Å². The van der Waals surface area contributed by atoms with E-state index in [1.807, 2.05) is 0 Å². The number of carbonyl (C=O) groups excluding carboxylic acids is 1. The Morgan fingerprint density at radius 2 is 2.00 bits per heavy atom. The number of hydrogen-bond donors (Lipinski definition) is 1. The zero-order chi connectivity index (χ0) is 13.0. The normalized spacial score (nSPS) is 14.2. The van der Waals surface area contributed by atoms with Crippen molar-refractivity contribution in [2.75, 3.05) is 7.11 Å². The predicted octanol–water partition coefficient (Wildman–Crippen LogP) is 2.18. The van der Waals surface area contributed by atoms with Crippen molar-refractivity contribution in [3.8, 4) is 0 Å². The van der Waals surface area contributed by atoms with E-state index < -0.39 is 23.8 Å². The SMILES string of the molecule is COC(C)C(=O)NC(C)c1cc(F)ccc1F. The molecule has 1 aromatic rings. The fourth-order valence-electron chi connectivity index (χ4n) is 1.36. The predicted molar refractivity (Wildman–Crippen MR) is 59.4 cm³/mol. The van der Waals surface area contributed by atoms with Crippen LogP contribution in [-0.4, -0.2) is 19.1 Å². The lowest BCUT2D eigenvalue weighted by atomic mass is 10.1. The van der Waals surface area contributed by atoms with Crippen LogP contribution >= 0.6 is 0 Å². The van der Waals surface area contributed by atoms with Crippen molar-refractivity contribution in [3.05, 3.63) is 35.4 Å². The van der Waals surface area contributed by atoms with Gasteiger partial charge in [-0.15, -0.1) is 0 Å². The molecule has 2 unspecified atom stereocenters. The Hall–Kier alpha value is -1.49. The Balaban J connectivity index is 2.79. The van der Waals surface area contributed by atoms with Crippen LogP contribution in [0.4, 0.5) is 8.78 Å². The molecule has 0 radical (unpaired) electrons. The zero-order valence-corrected chi connectivity index (χ0v) is 9.96. The first-order valence-electron chi connectivity index (χ1n) is 5.23. The van der Waals surface area contributed by atoms with Gasteiger partial charge in [-0.2, -0.15) is 0 Å². The number of halogens is 2. The minimum Gasteiger partial charge on any atom is -0.372 e. The zero-order valence-electron chi connectivity index (χ0n) is 9.96. The maximum absolute atomic E-state index is 13.4. The summed E-state index contributed by atoms with van der Waals surface area (Å²) in [6, 6.07) is 2.52. The van der Waals surface area contributed by atoms with Crippen LogP contribution in [0.1, 0.15) is 25.5 Å². The monoisotopic (exact) mass is 243 g/mol. The molecule has 0 aliphatic heterocycles. The van der Waals surface area contributed by atoms with Gasteiger partial charge in [0.2, 0.25) is 5.91 Å². The number of amides is 1. The fourth-order valence-corrected chi connectivity index (χ4v) is 1.36. The molecule has 3 nitrogen and oxygen atoms in total. The van der Waals surface area contributed by atoms with Crippen LogP contribution in [0.3, 0.4) is 0 Å². The number of nitrogens with one attached hydrogen (secondary N) is 1. The first-order chi connectivity index (χ1) is 7.95. The molecule has 94 valence electrons. The van der Waals surface area contributed by atoms with Gasteiger partial charge in [0.05, 0.1) is 6.04 Å². The van der Waals surface area contributed by atoms with E-state index in [4.69, 9.17) is 4.74 Å². The largest absolute Gasteiger partial charge is 0.372 e. The van der Waals surface area contributed by atoms with Crippen LogP contribution in [0.2, 0.25) is 0 Å². The third kappa shape index (κ3) is 3.49. The number of ether oxygens (including phenoxy) is 1. The lowest BCUT2D eigenvalue weighted by Gasteiger charge is -2.17. The van der Waals surface area contributed by atoms with Crippen LogP contribution in [0, 0.1) is 11.6 Å². The molecule has 5 heteroatoms. The number of hydrogen-bond acceptors (Lipinski definition) is 2. The van der Waals surface area contributed by atoms with Crippen molar-refractivity contribution in [2.24, 2.45) is 0 Å². The highest BCUT2D eigenvalue weighted by Gasteiger charge is 2.18. The molecule has 0 aliphatic carbocycles. The Bertz CT molecular complexity index is 409. The average Bonchev–Trinajstić information content (AvgIpc) is 2.30. The van der Waals surface area contributed by atoms with Gasteiger partial charge in [-0.3, -0.25) is 4.79 Å². The quantitative estimate of drug-likeness (QED) is 0.880. The first-order valence-corrected chi connectivity index (χ1v) is 5.23. The third-order valence-corrected chi connectivity index (χ3v) is 2.51. The topological polar surface area (TPSA) is 38.3 Å². The second-order valence-electron chi connectivity index (χ2n) is 3.77. The van der Waals surface area contributed by atoms with Crippen molar-refractivity contribution in [1.29, 1.82) is 0 Å². The fraction of sp³-hybridized carbons (Fsp3) is 0.417. The lowest BCUT2D eigenvalue weighted by molar-refractivity contribution is -0.130. The summed E-state index contributed by atoms with van der Waals surface area (Å²) < 4.78 is 31.2. The van der Waals surface area contributed by atoms with Gasteiger partial charge in [0.1, 0.15) is 17.7 Å². The van der Waals surface area contributed by atoms with E-state index in [1.165, 1.54) is 7.11 Å². The van der Waals surface area contributed by atoms with Crippen LogP contribution in [0.5, 0.6) is 0 Å². The van der Waals surface area contributed by atoms with Crippen molar-refractivity contribution in [1.82, 2.24) is 5.32 Å². The molecule has 0 bridgehead atoms. The summed E-state index contributed by atoms with van der Waals surface area (Å²) in [6.45, 7) is 3.15. The highest BCUT2D eigenvalue weighted by atomic mass is 19.1. The van der Waals surface area contributed by atoms with Gasteiger partial charge < -0.3 is 10.1 Å². The molecule has 1 aromatic carbocycles. The van der Waals surface area contributed by atoms with E-state index in [0.29, 0.717) is 0 Å². The smallest absolute Gasteiger partial charge is 0.249 e. The molecule has 0 saturated carbocycles. The van der Waals surface area contributed by atoms with Gasteiger partial charge in [0, 0.05) is 12.7 Å². The molecule has 1 N–H and O–H groups in total. The van der Waals surface area contributed by atoms with E-state index >= 15 is 0 Å². The molecule has 0 fully saturated rings. The molecule has 0 aromatic heterocycles. The van der Waals surface area contributed by atoms with Gasteiger partial charge in [-0.05, 0) is 32.0 Å². The lowest BCUT2D eigenvalue weighted by Crippen LogP contribution is -2.35. The van der Waals surface area contributed by atoms with Gasteiger partial charge in [0.25, 0.3) is 0 Å². The number of carbonyl (C=O) groups is 1. The number of benzene rings is 1. The maximum Gasteiger partial charge on any atom is 0.249 e. The van der Waals surface area contributed by atoms with Crippen LogP contribution in [0.15, 0.2) is 18.2 Å². The summed E-state index contributed by atoms with van der Waals surface area (Å²) in [5, 5.41) is 2.54. The van der Waals surface area contributed by atoms with E-state index in [9.17, 15) is 13.6 Å². The summed E-state index contributed by atoms with van der Waals surface area (Å²) in [4.78, 5) is 11.5. The van der Waals surface area contributed by atoms with Gasteiger partial charge in [-0.1, -0.05) is 0 Å². The summed E-state index contributed by atoms with van der Waals surface area (Å²) in [6.07, 6.45) is -0.630. The highest BCUT2D eigenvalue weighted by Crippen LogP contribution is 2.18. The Morgan fingerprint density at radius 1 is 1.35 bits per heavy atom. The Labute approximate surface area is 98.8 Å². The molecule has 0 spiro atoms. The first kappa shape index (κ1) is 13.6. The van der Waals surface area contributed by atoms with Crippen molar-refractivity contribution >= 4 is 5.91 Å². The molecule has 17 heavy (non-hydrogen) atoms. The van der Waals surface area contributed by atoms with E-state index in [-0.39, 0.29) is 11.5 Å². The highest BCUT2D eigenvalue weighted by molar-refractivity contribution is 5.80.